The predicted molar refractivity (Wildman–Crippen MR) is 249 cm³/mol. The number of amides is 4. The summed E-state index contributed by atoms with van der Waals surface area (Å²) >= 11 is 0. The largest absolute Gasteiger partial charge is 0.381 e. The number of carbonyl (C=O) groups excluding carboxylic acids is 6. The van der Waals surface area contributed by atoms with Gasteiger partial charge >= 0.3 is 6.03 Å². The predicted octanol–water partition coefficient (Wildman–Crippen LogP) is 9.38. The average molecular weight is 842 g/mol. The number of likely N-dealkylation sites (tertiary alicyclic amines) is 1. The van der Waals surface area contributed by atoms with E-state index in [1.54, 1.807) is 11.0 Å². The molecule has 2 atom stereocenters. The van der Waals surface area contributed by atoms with Gasteiger partial charge in [-0.3, -0.25) is 14.4 Å². The molecule has 12 nitrogen and oxygen atoms in total. The van der Waals surface area contributed by atoms with Crippen LogP contribution in [0.1, 0.15) is 186 Å². The molecular weight excluding hydrogens is 747 g/mol. The first-order chi connectivity index (χ1) is 28.3. The molecule has 1 aliphatic carbocycles. The number of hydrogen-bond donors (Lipinski definition) is 4. The third kappa shape index (κ3) is 40.1. The topological polar surface area (TPSA) is 163 Å². The van der Waals surface area contributed by atoms with Crippen LogP contribution < -0.4 is 21.3 Å². The Labute approximate surface area is 363 Å². The van der Waals surface area contributed by atoms with Gasteiger partial charge in [0.05, 0.1) is 6.04 Å². The normalized spacial score (nSPS) is 16.4. The third-order valence-corrected chi connectivity index (χ3v) is 10.0. The molecule has 2 saturated heterocycles. The molecule has 0 aromatic carbocycles. The van der Waals surface area contributed by atoms with E-state index < -0.39 is 0 Å². The van der Waals surface area contributed by atoms with Crippen LogP contribution in [0.4, 0.5) is 4.79 Å². The Hall–Kier alpha value is -3.12. The first-order valence-corrected chi connectivity index (χ1v) is 22.8. The van der Waals surface area contributed by atoms with E-state index in [0.29, 0.717) is 5.41 Å². The van der Waals surface area contributed by atoms with Gasteiger partial charge in [0.1, 0.15) is 13.6 Å². The first kappa shape index (κ1) is 65.0. The summed E-state index contributed by atoms with van der Waals surface area (Å²) in [5.74, 6) is 1.20. The lowest BCUT2D eigenvalue weighted by Crippen LogP contribution is -2.54. The Kier molecular flexibility index (Phi) is 50.6. The summed E-state index contributed by atoms with van der Waals surface area (Å²) < 4.78 is 5.54. The number of rotatable bonds is 18. The second-order valence-electron chi connectivity index (χ2n) is 15.6. The van der Waals surface area contributed by atoms with E-state index in [9.17, 15) is 19.2 Å². The smallest absolute Gasteiger partial charge is 0.315 e. The van der Waals surface area contributed by atoms with Crippen LogP contribution in [0.15, 0.2) is 12.2 Å². The molecule has 0 aromatic heterocycles. The summed E-state index contributed by atoms with van der Waals surface area (Å²) in [6.07, 6.45) is 21.8. The van der Waals surface area contributed by atoms with Gasteiger partial charge in [-0.05, 0) is 115 Å². The number of hydrogen-bond acceptors (Lipinski definition) is 8. The van der Waals surface area contributed by atoms with Gasteiger partial charge < -0.3 is 40.5 Å². The van der Waals surface area contributed by atoms with E-state index in [2.05, 4.69) is 69.7 Å². The van der Waals surface area contributed by atoms with Gasteiger partial charge in [-0.15, -0.1) is 0 Å². The van der Waals surface area contributed by atoms with Crippen molar-refractivity contribution in [3.05, 3.63) is 12.2 Å². The molecule has 59 heavy (non-hydrogen) atoms. The number of ketones is 1. The Bertz CT molecular complexity index is 993. The lowest BCUT2D eigenvalue weighted by molar-refractivity contribution is -0.128. The van der Waals surface area contributed by atoms with Crippen molar-refractivity contribution in [2.45, 2.75) is 203 Å². The van der Waals surface area contributed by atoms with Gasteiger partial charge in [0.2, 0.25) is 12.3 Å². The molecule has 4 N–H and O–H groups in total. The van der Waals surface area contributed by atoms with Crippen molar-refractivity contribution in [1.82, 2.24) is 26.2 Å². The SMILES string of the molecule is C=O.C=O.CC.CC(=O)C1CCCN1C=O.CC/C=C/C(=O)NCCC.CC1CC1.CCCC(C)NC(=O)NC(CCC)(CCC)CCC1(C)CCOCC1.CCNC. The summed E-state index contributed by atoms with van der Waals surface area (Å²) in [7, 11) is 1.93. The summed E-state index contributed by atoms with van der Waals surface area (Å²) in [5.41, 5.74) is 0.291. The number of nitrogens with zero attached hydrogens (tertiary/aromatic N) is 1. The summed E-state index contributed by atoms with van der Waals surface area (Å²) in [5, 5.41) is 12.2. The van der Waals surface area contributed by atoms with E-state index in [1.165, 1.54) is 26.2 Å². The lowest BCUT2D eigenvalue weighted by atomic mass is 9.73. The zero-order chi connectivity index (χ0) is 46.5. The maximum atomic E-state index is 12.6. The standard InChI is InChI=1S/C21H42N2O2.C8H15NO.C7H11NO2.C4H8.C3H9N.C2H6.2CH2O/c1-6-9-18(4)22-19(24)23-21(10-7-2,11-8-3)13-12-20(5)14-16-25-17-15-20;1-3-5-6-8(10)9-7-4-2;1-6(10)7-3-2-4-8(7)5-9;1-4-2-3-4;1-3-4-2;3*1-2/h18H,6-17H2,1-5H3,(H2,22,23,24);5-6H,3-4,7H2,1-2H3,(H,9,10);5,7H,2-4H2,1H3;4H,2-3H2,1H3;4H,3H2,1-2H3;1-2H3;2*1H2/b;6-5+;;;;;;. The molecule has 3 aliphatic rings. The van der Waals surface area contributed by atoms with Crippen LogP contribution in [-0.4, -0.2) is 100 Å². The van der Waals surface area contributed by atoms with Gasteiger partial charge in [-0.25, -0.2) is 4.79 Å². The summed E-state index contributed by atoms with van der Waals surface area (Å²) in [4.78, 5) is 62.0. The van der Waals surface area contributed by atoms with Crippen molar-refractivity contribution in [3.63, 3.8) is 0 Å². The van der Waals surface area contributed by atoms with Gasteiger partial charge in [-0.2, -0.15) is 0 Å². The highest BCUT2D eigenvalue weighted by atomic mass is 16.5. The number of nitrogens with one attached hydrogen (secondary N) is 4. The van der Waals surface area contributed by atoms with Crippen LogP contribution >= 0.6 is 0 Å². The molecule has 0 bridgehead atoms. The lowest BCUT2D eigenvalue weighted by Gasteiger charge is -2.40. The molecule has 3 rings (SSSR count). The van der Waals surface area contributed by atoms with Gasteiger partial charge in [-0.1, -0.05) is 107 Å². The fraction of sp³-hybridized carbons (Fsp3) is 0.830. The van der Waals surface area contributed by atoms with Crippen LogP contribution in [0.3, 0.4) is 0 Å². The number of carbonyl (C=O) groups is 6. The van der Waals surface area contributed by atoms with E-state index in [4.69, 9.17) is 14.3 Å². The Morgan fingerprint density at radius 1 is 0.898 bits per heavy atom. The number of ether oxygens (including phenoxy) is 1. The third-order valence-electron chi connectivity index (χ3n) is 10.0. The van der Waals surface area contributed by atoms with Gasteiger partial charge in [0.25, 0.3) is 0 Å². The monoisotopic (exact) mass is 842 g/mol. The zero-order valence-corrected chi connectivity index (χ0v) is 40.5. The van der Waals surface area contributed by atoms with Crippen molar-refractivity contribution in [2.24, 2.45) is 11.3 Å². The maximum absolute atomic E-state index is 12.6. The molecule has 0 spiro atoms. The minimum atomic E-state index is -0.127. The highest BCUT2D eigenvalue weighted by molar-refractivity contribution is 5.87. The van der Waals surface area contributed by atoms with Crippen molar-refractivity contribution in [3.8, 4) is 0 Å². The fourth-order valence-corrected chi connectivity index (χ4v) is 6.23. The van der Waals surface area contributed by atoms with Gasteiger partial charge in [0.15, 0.2) is 5.78 Å². The molecule has 1 saturated carbocycles. The number of Topliss-reactive ketones (excluding diaryl/α,β-unsaturated/α-hetero) is 1. The van der Waals surface area contributed by atoms with Crippen molar-refractivity contribution < 1.29 is 33.5 Å². The molecule has 0 radical (unpaired) electrons. The molecule has 4 amide bonds. The fourth-order valence-electron chi connectivity index (χ4n) is 6.23. The number of allylic oxidation sites excluding steroid dienone is 1. The van der Waals surface area contributed by atoms with E-state index >= 15 is 0 Å². The highest BCUT2D eigenvalue weighted by Crippen LogP contribution is 2.38. The van der Waals surface area contributed by atoms with Crippen LogP contribution in [0.5, 0.6) is 0 Å². The average Bonchev–Trinajstić information content (AvgIpc) is 3.87. The zero-order valence-electron chi connectivity index (χ0n) is 40.5. The molecular formula is C47H95N5O7. The highest BCUT2D eigenvalue weighted by Gasteiger charge is 2.35. The molecule has 3 fully saturated rings. The van der Waals surface area contributed by atoms with E-state index in [1.807, 2.05) is 54.4 Å². The quantitative estimate of drug-likeness (QED) is 0.0784. The summed E-state index contributed by atoms with van der Waals surface area (Å²) in [6, 6.07) is 0.122. The molecule has 2 unspecified atom stereocenters. The van der Waals surface area contributed by atoms with Crippen LogP contribution in [0, 0.1) is 11.3 Å². The van der Waals surface area contributed by atoms with E-state index in [0.717, 1.165) is 129 Å². The van der Waals surface area contributed by atoms with E-state index in [-0.39, 0.29) is 35.3 Å². The van der Waals surface area contributed by atoms with Crippen LogP contribution in [0.2, 0.25) is 0 Å². The first-order valence-electron chi connectivity index (χ1n) is 22.8. The molecule has 12 heteroatoms. The Morgan fingerprint density at radius 3 is 1.80 bits per heavy atom. The minimum Gasteiger partial charge on any atom is -0.381 e. The van der Waals surface area contributed by atoms with Crippen molar-refractivity contribution in [1.29, 1.82) is 0 Å². The Balaban J connectivity index is -0.000000235. The van der Waals surface area contributed by atoms with Crippen molar-refractivity contribution in [2.75, 3.05) is 39.9 Å². The van der Waals surface area contributed by atoms with Crippen LogP contribution in [-0.2, 0) is 28.7 Å². The molecule has 2 aliphatic heterocycles. The van der Waals surface area contributed by atoms with Crippen LogP contribution in [0.25, 0.3) is 0 Å². The second-order valence-corrected chi connectivity index (χ2v) is 15.6. The summed E-state index contributed by atoms with van der Waals surface area (Å²) in [6.45, 7) is 33.3. The molecule has 0 aromatic rings. The molecule has 2 heterocycles. The number of urea groups is 1. The minimum absolute atomic E-state index is 0.0139. The second kappa shape index (κ2) is 46.0. The molecule has 350 valence electrons. The Morgan fingerprint density at radius 2 is 1.42 bits per heavy atom. The van der Waals surface area contributed by atoms with Gasteiger partial charge in [0, 0.05) is 37.9 Å². The maximum Gasteiger partial charge on any atom is 0.315 e. The van der Waals surface area contributed by atoms with Crippen molar-refractivity contribution >= 4 is 37.7 Å².